The molecule has 0 bridgehead atoms. The van der Waals surface area contributed by atoms with Gasteiger partial charge in [-0.3, -0.25) is 0 Å². The van der Waals surface area contributed by atoms with Crippen molar-refractivity contribution in [2.75, 3.05) is 19.3 Å². The lowest BCUT2D eigenvalue weighted by Gasteiger charge is -2.29. The molecule has 0 radical (unpaired) electrons. The average molecular weight is 321 g/mol. The Hall–Kier alpha value is -1.35. The number of hydrogen-bond acceptors (Lipinski definition) is 4. The van der Waals surface area contributed by atoms with E-state index in [2.05, 4.69) is 15.4 Å². The van der Waals surface area contributed by atoms with E-state index >= 15 is 0 Å². The second kappa shape index (κ2) is 7.60. The molecule has 0 aliphatic heterocycles. The van der Waals surface area contributed by atoms with Crippen LogP contribution in [0, 0.1) is 0 Å². The normalized spacial score (nSPS) is 18.5. The van der Waals surface area contributed by atoms with E-state index < -0.39 is 27.6 Å². The Morgan fingerprint density at radius 3 is 2.19 bits per heavy atom. The predicted molar refractivity (Wildman–Crippen MR) is 77.4 cm³/mol. The van der Waals surface area contributed by atoms with Crippen LogP contribution in [0.1, 0.15) is 38.5 Å². The van der Waals surface area contributed by atoms with Crippen molar-refractivity contribution >= 4 is 22.0 Å². The molecule has 8 nitrogen and oxygen atoms in total. The third-order valence-electron chi connectivity index (χ3n) is 3.69. The van der Waals surface area contributed by atoms with Crippen molar-refractivity contribution < 1.29 is 23.1 Å². The maximum atomic E-state index is 11.8. The molecule has 1 aliphatic rings. The van der Waals surface area contributed by atoms with Crippen LogP contribution in [0.3, 0.4) is 0 Å². The van der Waals surface area contributed by atoms with Crippen molar-refractivity contribution in [3.8, 4) is 0 Å². The Kier molecular flexibility index (Phi) is 6.41. The highest BCUT2D eigenvalue weighted by atomic mass is 32.2. The molecule has 0 unspecified atom stereocenters. The smallest absolute Gasteiger partial charge is 0.329 e. The number of amides is 2. The van der Waals surface area contributed by atoms with Crippen LogP contribution in [-0.2, 0) is 14.8 Å². The van der Waals surface area contributed by atoms with Crippen molar-refractivity contribution in [1.29, 1.82) is 0 Å². The SMILES string of the molecule is CNS(=O)(=O)CCNC(=O)NC1(C(=O)O)CCCCCC1. The van der Waals surface area contributed by atoms with Gasteiger partial charge in [-0.2, -0.15) is 0 Å². The van der Waals surface area contributed by atoms with E-state index in [1.54, 1.807) is 0 Å². The van der Waals surface area contributed by atoms with Crippen molar-refractivity contribution in [3.63, 3.8) is 0 Å². The summed E-state index contributed by atoms with van der Waals surface area (Å²) in [6.07, 6.45) is 4.20. The van der Waals surface area contributed by atoms with Crippen LogP contribution in [0.5, 0.6) is 0 Å². The standard InChI is InChI=1S/C12H23N3O5S/c1-13-21(19,20)9-8-14-11(18)15-12(10(16)17)6-4-2-3-5-7-12/h13H,2-9H2,1H3,(H,16,17)(H2,14,15,18). The lowest BCUT2D eigenvalue weighted by molar-refractivity contribution is -0.145. The van der Waals surface area contributed by atoms with Crippen molar-refractivity contribution in [3.05, 3.63) is 0 Å². The molecule has 122 valence electrons. The number of hydrogen-bond donors (Lipinski definition) is 4. The Morgan fingerprint density at radius 1 is 1.14 bits per heavy atom. The third kappa shape index (κ3) is 5.50. The molecule has 9 heteroatoms. The summed E-state index contributed by atoms with van der Waals surface area (Å²) in [5.74, 6) is -1.29. The minimum absolute atomic E-state index is 0.0787. The molecule has 0 saturated heterocycles. The first kappa shape index (κ1) is 17.7. The highest BCUT2D eigenvalue weighted by molar-refractivity contribution is 7.89. The summed E-state index contributed by atoms with van der Waals surface area (Å²) in [4.78, 5) is 23.3. The van der Waals surface area contributed by atoms with Gasteiger partial charge < -0.3 is 15.7 Å². The molecule has 2 amide bonds. The van der Waals surface area contributed by atoms with Crippen molar-refractivity contribution in [2.24, 2.45) is 0 Å². The van der Waals surface area contributed by atoms with Crippen LogP contribution in [0.2, 0.25) is 0 Å². The van der Waals surface area contributed by atoms with Gasteiger partial charge in [0.15, 0.2) is 0 Å². The molecule has 0 aromatic heterocycles. The van der Waals surface area contributed by atoms with Gasteiger partial charge in [0.2, 0.25) is 10.0 Å². The lowest BCUT2D eigenvalue weighted by atomic mass is 9.90. The second-order valence-corrected chi connectivity index (χ2v) is 7.25. The van der Waals surface area contributed by atoms with E-state index in [0.717, 1.165) is 25.7 Å². The number of rotatable bonds is 6. The molecule has 0 spiro atoms. The molecular weight excluding hydrogens is 298 g/mol. The summed E-state index contributed by atoms with van der Waals surface area (Å²) < 4.78 is 24.6. The maximum absolute atomic E-state index is 11.8. The zero-order chi connectivity index (χ0) is 15.9. The number of nitrogens with one attached hydrogen (secondary N) is 3. The topological polar surface area (TPSA) is 125 Å². The molecule has 21 heavy (non-hydrogen) atoms. The van der Waals surface area contributed by atoms with E-state index in [0.29, 0.717) is 12.8 Å². The zero-order valence-electron chi connectivity index (χ0n) is 12.1. The van der Waals surface area contributed by atoms with E-state index in [4.69, 9.17) is 0 Å². The van der Waals surface area contributed by atoms with Gasteiger partial charge in [0.05, 0.1) is 5.75 Å². The maximum Gasteiger partial charge on any atom is 0.329 e. The van der Waals surface area contributed by atoms with Gasteiger partial charge in [-0.05, 0) is 19.9 Å². The molecule has 0 atom stereocenters. The predicted octanol–water partition coefficient (Wildman–Crippen LogP) is 0.0124. The minimum atomic E-state index is -3.39. The molecule has 1 rings (SSSR count). The molecule has 1 fully saturated rings. The fraction of sp³-hybridized carbons (Fsp3) is 0.833. The Labute approximate surface area is 124 Å². The molecule has 0 aromatic rings. The van der Waals surface area contributed by atoms with Gasteiger partial charge in [0.1, 0.15) is 5.54 Å². The summed E-state index contributed by atoms with van der Waals surface area (Å²) in [7, 11) is -2.10. The third-order valence-corrected chi connectivity index (χ3v) is 5.05. The average Bonchev–Trinajstić information content (AvgIpc) is 2.65. The number of carbonyl (C=O) groups is 2. The number of carboxylic acid groups (broad SMARTS) is 1. The van der Waals surface area contributed by atoms with Gasteiger partial charge in [-0.25, -0.2) is 22.7 Å². The van der Waals surface area contributed by atoms with Gasteiger partial charge in [-0.1, -0.05) is 25.7 Å². The van der Waals surface area contributed by atoms with Crippen LogP contribution in [0.4, 0.5) is 4.79 Å². The fourth-order valence-electron chi connectivity index (χ4n) is 2.39. The number of urea groups is 1. The Balaban J connectivity index is 2.55. The number of aliphatic carboxylic acids is 1. The fourth-order valence-corrected chi connectivity index (χ4v) is 2.96. The molecule has 0 heterocycles. The van der Waals surface area contributed by atoms with Crippen LogP contribution in [0.15, 0.2) is 0 Å². The zero-order valence-corrected chi connectivity index (χ0v) is 13.0. The summed E-state index contributed by atoms with van der Waals surface area (Å²) >= 11 is 0. The van der Waals surface area contributed by atoms with E-state index in [9.17, 15) is 23.1 Å². The summed E-state index contributed by atoms with van der Waals surface area (Å²) in [5.41, 5.74) is -1.25. The van der Waals surface area contributed by atoms with E-state index in [-0.39, 0.29) is 12.3 Å². The van der Waals surface area contributed by atoms with Crippen molar-refractivity contribution in [2.45, 2.75) is 44.1 Å². The largest absolute Gasteiger partial charge is 0.480 e. The van der Waals surface area contributed by atoms with Crippen LogP contribution >= 0.6 is 0 Å². The summed E-state index contributed by atoms with van der Waals surface area (Å²) in [5, 5.41) is 14.3. The lowest BCUT2D eigenvalue weighted by Crippen LogP contribution is -2.57. The molecular formula is C12H23N3O5S. The summed E-state index contributed by atoms with van der Waals surface area (Å²) in [6.45, 7) is -0.0787. The van der Waals surface area contributed by atoms with Gasteiger partial charge in [0.25, 0.3) is 0 Å². The van der Waals surface area contributed by atoms with E-state index in [1.807, 2.05) is 0 Å². The number of sulfonamides is 1. The first-order chi connectivity index (χ1) is 9.81. The summed E-state index contributed by atoms with van der Waals surface area (Å²) in [6, 6.07) is -0.648. The highest BCUT2D eigenvalue weighted by Crippen LogP contribution is 2.27. The first-order valence-corrected chi connectivity index (χ1v) is 8.67. The minimum Gasteiger partial charge on any atom is -0.480 e. The molecule has 0 aromatic carbocycles. The van der Waals surface area contributed by atoms with Gasteiger partial charge in [-0.15, -0.1) is 0 Å². The second-order valence-electron chi connectivity index (χ2n) is 5.21. The number of carbonyl (C=O) groups excluding carboxylic acids is 1. The Morgan fingerprint density at radius 2 is 1.71 bits per heavy atom. The Bertz CT molecular complexity index is 469. The van der Waals surface area contributed by atoms with Crippen molar-refractivity contribution in [1.82, 2.24) is 15.4 Å². The van der Waals surface area contributed by atoms with Gasteiger partial charge >= 0.3 is 12.0 Å². The quantitative estimate of drug-likeness (QED) is 0.513. The van der Waals surface area contributed by atoms with Gasteiger partial charge in [0, 0.05) is 6.54 Å². The monoisotopic (exact) mass is 321 g/mol. The first-order valence-electron chi connectivity index (χ1n) is 7.02. The number of carboxylic acids is 1. The van der Waals surface area contributed by atoms with Crippen LogP contribution < -0.4 is 15.4 Å². The molecule has 1 aliphatic carbocycles. The molecule has 1 saturated carbocycles. The van der Waals surface area contributed by atoms with Crippen LogP contribution in [-0.4, -0.2) is 50.4 Å². The highest BCUT2D eigenvalue weighted by Gasteiger charge is 2.40. The van der Waals surface area contributed by atoms with Crippen LogP contribution in [0.25, 0.3) is 0 Å². The molecule has 4 N–H and O–H groups in total. The van der Waals surface area contributed by atoms with E-state index in [1.165, 1.54) is 7.05 Å².